The van der Waals surface area contributed by atoms with Crippen LogP contribution in [0.4, 0.5) is 5.13 Å². The smallest absolute Gasteiger partial charge is 0.355 e. The van der Waals surface area contributed by atoms with E-state index < -0.39 is 5.97 Å². The summed E-state index contributed by atoms with van der Waals surface area (Å²) in [4.78, 5) is 31.7. The molecule has 0 radical (unpaired) electrons. The van der Waals surface area contributed by atoms with Gasteiger partial charge in [0.1, 0.15) is 16.5 Å². The number of amidine groups is 1. The highest BCUT2D eigenvalue weighted by atomic mass is 32.1. The van der Waals surface area contributed by atoms with Crippen LogP contribution in [-0.2, 0) is 0 Å². The number of benzene rings is 2. The molecule has 2 heterocycles. The summed E-state index contributed by atoms with van der Waals surface area (Å²) in [5, 5.41) is 11.3. The van der Waals surface area contributed by atoms with Crippen molar-refractivity contribution in [3.05, 3.63) is 76.8 Å². The van der Waals surface area contributed by atoms with E-state index in [0.717, 1.165) is 31.1 Å². The number of thiazole rings is 1. The first-order chi connectivity index (χ1) is 15.5. The van der Waals surface area contributed by atoms with Gasteiger partial charge in [0, 0.05) is 30.3 Å². The Balaban J connectivity index is 1.30. The summed E-state index contributed by atoms with van der Waals surface area (Å²) >= 11 is 1.29. The molecule has 1 saturated heterocycles. The quantitative estimate of drug-likeness (QED) is 0.230. The Morgan fingerprint density at radius 2 is 1.75 bits per heavy atom. The number of amides is 1. The van der Waals surface area contributed by atoms with Gasteiger partial charge in [-0.05, 0) is 49.2 Å². The van der Waals surface area contributed by atoms with Crippen molar-refractivity contribution in [2.24, 2.45) is 5.73 Å². The third-order valence-electron chi connectivity index (χ3n) is 5.21. The van der Waals surface area contributed by atoms with Crippen molar-refractivity contribution >= 4 is 34.2 Å². The van der Waals surface area contributed by atoms with Gasteiger partial charge >= 0.3 is 5.97 Å². The molecule has 0 saturated carbocycles. The van der Waals surface area contributed by atoms with Gasteiger partial charge in [-0.1, -0.05) is 29.5 Å². The molecule has 4 rings (SSSR count). The molecule has 4 N–H and O–H groups in total. The maximum atomic E-state index is 12.5. The molecule has 1 fully saturated rings. The third kappa shape index (κ3) is 5.12. The lowest BCUT2D eigenvalue weighted by molar-refractivity contribution is 0.0739. The number of carbonyl (C=O) groups excluding carboxylic acids is 2. The van der Waals surface area contributed by atoms with Crippen molar-refractivity contribution in [2.45, 2.75) is 18.9 Å². The van der Waals surface area contributed by atoms with Crippen LogP contribution in [0.1, 0.15) is 38.4 Å². The number of anilines is 1. The number of nitrogens with one attached hydrogen (secondary N) is 2. The van der Waals surface area contributed by atoms with Gasteiger partial charge < -0.3 is 20.7 Å². The predicted octanol–water partition coefficient (Wildman–Crippen LogP) is 3.05. The van der Waals surface area contributed by atoms with Crippen LogP contribution in [0.5, 0.6) is 5.75 Å². The molecular weight excluding hydrogens is 426 g/mol. The van der Waals surface area contributed by atoms with Crippen molar-refractivity contribution in [1.29, 1.82) is 5.41 Å². The second-order valence-corrected chi connectivity index (χ2v) is 8.44. The molecule has 1 aliphatic heterocycles. The van der Waals surface area contributed by atoms with Crippen molar-refractivity contribution in [2.75, 3.05) is 18.0 Å². The van der Waals surface area contributed by atoms with Gasteiger partial charge in [0.15, 0.2) is 5.13 Å². The van der Waals surface area contributed by atoms with Crippen LogP contribution in [0.2, 0.25) is 0 Å². The fourth-order valence-electron chi connectivity index (χ4n) is 3.44. The van der Waals surface area contributed by atoms with Crippen LogP contribution >= 0.6 is 11.3 Å². The standard InChI is InChI=1S/C23H23N5O3S/c24-20(25)15-6-8-18(9-7-15)31-22(30)19-14-26-23(32-19)28-12-10-17(11-13-28)27-21(29)16-4-2-1-3-5-16/h1-9,14,17H,10-13H2,(H3,24,25)(H,27,29). The normalized spacial score (nSPS) is 14.1. The summed E-state index contributed by atoms with van der Waals surface area (Å²) in [5.74, 6) is -0.197. The molecule has 1 aliphatic rings. The fraction of sp³-hybridized carbons (Fsp3) is 0.217. The van der Waals surface area contributed by atoms with Gasteiger partial charge in [-0.2, -0.15) is 0 Å². The lowest BCUT2D eigenvalue weighted by Gasteiger charge is -2.32. The number of rotatable bonds is 6. The number of hydrogen-bond acceptors (Lipinski definition) is 7. The van der Waals surface area contributed by atoms with E-state index in [2.05, 4.69) is 15.2 Å². The zero-order chi connectivity index (χ0) is 22.5. The molecule has 9 heteroatoms. The molecule has 32 heavy (non-hydrogen) atoms. The van der Waals surface area contributed by atoms with Gasteiger partial charge in [0.25, 0.3) is 5.91 Å². The minimum absolute atomic E-state index is 0.0432. The second-order valence-electron chi connectivity index (χ2n) is 7.44. The first-order valence-electron chi connectivity index (χ1n) is 10.2. The van der Waals surface area contributed by atoms with E-state index in [1.807, 2.05) is 18.2 Å². The van der Waals surface area contributed by atoms with E-state index in [0.29, 0.717) is 21.8 Å². The Morgan fingerprint density at radius 1 is 1.06 bits per heavy atom. The average molecular weight is 450 g/mol. The Labute approximate surface area is 189 Å². The number of hydrogen-bond donors (Lipinski definition) is 3. The van der Waals surface area contributed by atoms with E-state index in [9.17, 15) is 9.59 Å². The van der Waals surface area contributed by atoms with Gasteiger partial charge in [-0.25, -0.2) is 9.78 Å². The van der Waals surface area contributed by atoms with Gasteiger partial charge in [0.05, 0.1) is 6.20 Å². The minimum Gasteiger partial charge on any atom is -0.422 e. The number of aromatic nitrogens is 1. The molecule has 0 unspecified atom stereocenters. The number of esters is 1. The Morgan fingerprint density at radius 3 is 2.41 bits per heavy atom. The number of nitrogens with two attached hydrogens (primary N) is 1. The molecule has 2 aromatic carbocycles. The molecular formula is C23H23N5O3S. The van der Waals surface area contributed by atoms with E-state index in [1.165, 1.54) is 17.5 Å². The monoisotopic (exact) mass is 449 g/mol. The molecule has 0 atom stereocenters. The Bertz CT molecular complexity index is 1110. The van der Waals surface area contributed by atoms with Crippen LogP contribution < -0.4 is 20.7 Å². The molecule has 1 amide bonds. The largest absolute Gasteiger partial charge is 0.422 e. The highest BCUT2D eigenvalue weighted by Crippen LogP contribution is 2.27. The summed E-state index contributed by atoms with van der Waals surface area (Å²) in [6, 6.07) is 15.8. The maximum Gasteiger partial charge on any atom is 0.355 e. The van der Waals surface area contributed by atoms with Crippen molar-refractivity contribution in [3.8, 4) is 5.75 Å². The van der Waals surface area contributed by atoms with E-state index >= 15 is 0 Å². The maximum absolute atomic E-state index is 12.5. The van der Waals surface area contributed by atoms with Crippen LogP contribution in [0.25, 0.3) is 0 Å². The number of piperidine rings is 1. The predicted molar refractivity (Wildman–Crippen MR) is 124 cm³/mol. The molecule has 0 aliphatic carbocycles. The lowest BCUT2D eigenvalue weighted by atomic mass is 10.0. The summed E-state index contributed by atoms with van der Waals surface area (Å²) in [5.41, 5.74) is 6.66. The molecule has 164 valence electrons. The summed E-state index contributed by atoms with van der Waals surface area (Å²) in [6.45, 7) is 1.49. The Kier molecular flexibility index (Phi) is 6.46. The highest BCUT2D eigenvalue weighted by molar-refractivity contribution is 7.17. The van der Waals surface area contributed by atoms with Gasteiger partial charge in [-0.3, -0.25) is 10.2 Å². The summed E-state index contributed by atoms with van der Waals surface area (Å²) in [6.07, 6.45) is 3.14. The summed E-state index contributed by atoms with van der Waals surface area (Å²) in [7, 11) is 0. The van der Waals surface area contributed by atoms with E-state index in [4.69, 9.17) is 15.9 Å². The molecule has 0 bridgehead atoms. The topological polar surface area (TPSA) is 121 Å². The SMILES string of the molecule is N=C(N)c1ccc(OC(=O)c2cnc(N3CCC(NC(=O)c4ccccc4)CC3)s2)cc1. The first kappa shape index (κ1) is 21.5. The molecule has 3 aromatic rings. The number of nitrogens with zero attached hydrogens (tertiary/aromatic N) is 2. The average Bonchev–Trinajstić information content (AvgIpc) is 3.31. The minimum atomic E-state index is -0.477. The lowest BCUT2D eigenvalue weighted by Crippen LogP contribution is -2.44. The summed E-state index contributed by atoms with van der Waals surface area (Å²) < 4.78 is 5.39. The van der Waals surface area contributed by atoms with Crippen molar-refractivity contribution < 1.29 is 14.3 Å². The van der Waals surface area contributed by atoms with E-state index in [1.54, 1.807) is 36.4 Å². The second kappa shape index (κ2) is 9.61. The van der Waals surface area contributed by atoms with Gasteiger partial charge in [-0.15, -0.1) is 0 Å². The van der Waals surface area contributed by atoms with Crippen molar-refractivity contribution in [3.63, 3.8) is 0 Å². The van der Waals surface area contributed by atoms with Crippen LogP contribution in [0.15, 0.2) is 60.8 Å². The molecule has 1 aromatic heterocycles. The number of nitrogen functional groups attached to an aromatic ring is 1. The Hall–Kier alpha value is -3.72. The third-order valence-corrected chi connectivity index (χ3v) is 6.25. The highest BCUT2D eigenvalue weighted by Gasteiger charge is 2.24. The number of carbonyl (C=O) groups is 2. The zero-order valence-corrected chi connectivity index (χ0v) is 18.1. The van der Waals surface area contributed by atoms with Crippen LogP contribution in [-0.4, -0.2) is 41.8 Å². The first-order valence-corrected chi connectivity index (χ1v) is 11.0. The van der Waals surface area contributed by atoms with Crippen LogP contribution in [0, 0.1) is 5.41 Å². The molecule has 0 spiro atoms. The fourth-order valence-corrected chi connectivity index (χ4v) is 4.28. The van der Waals surface area contributed by atoms with Crippen LogP contribution in [0.3, 0.4) is 0 Å². The van der Waals surface area contributed by atoms with E-state index in [-0.39, 0.29) is 17.8 Å². The number of ether oxygens (including phenoxy) is 1. The van der Waals surface area contributed by atoms with Crippen molar-refractivity contribution in [1.82, 2.24) is 10.3 Å². The zero-order valence-electron chi connectivity index (χ0n) is 17.3. The van der Waals surface area contributed by atoms with Gasteiger partial charge in [0.2, 0.25) is 0 Å². The molecule has 8 nitrogen and oxygen atoms in total.